The Morgan fingerprint density at radius 2 is 0.980 bits per heavy atom. The van der Waals surface area contributed by atoms with Gasteiger partial charge in [-0.2, -0.15) is 57.1 Å². The van der Waals surface area contributed by atoms with Crippen molar-refractivity contribution in [3.63, 3.8) is 0 Å². The van der Waals surface area contributed by atoms with Gasteiger partial charge in [-0.05, 0) is 79.2 Å². The fraction of sp³-hybridized carbons (Fsp3) is 0.375. The number of rotatable bonds is 16. The van der Waals surface area contributed by atoms with Crippen LogP contribution < -0.4 is 14.2 Å². The van der Waals surface area contributed by atoms with Gasteiger partial charge in [0.15, 0.2) is 0 Å². The SMILES string of the molecule is CCCCOc1ccc(C(=O)Oc2ccc(C(=O)Oc3ccc(SCCC(F)(F)C(F)(F)C(F)(F)C(F)(F)C(F)(F)C(F)(F)F)cc3)cc2)cc1. The molecule has 0 N–H and O–H groups in total. The number of ether oxygens (including phenoxy) is 3. The third kappa shape index (κ3) is 9.02. The summed E-state index contributed by atoms with van der Waals surface area (Å²) in [6.07, 6.45) is -8.00. The fourth-order valence-corrected chi connectivity index (χ4v) is 4.80. The van der Waals surface area contributed by atoms with Gasteiger partial charge in [0, 0.05) is 17.1 Å². The van der Waals surface area contributed by atoms with Crippen molar-refractivity contribution in [1.82, 2.24) is 0 Å². The van der Waals surface area contributed by atoms with Crippen LogP contribution in [0.4, 0.5) is 57.1 Å². The minimum Gasteiger partial charge on any atom is -0.494 e. The molecule has 3 aromatic rings. The lowest BCUT2D eigenvalue weighted by Gasteiger charge is -2.39. The van der Waals surface area contributed by atoms with E-state index in [4.69, 9.17) is 14.2 Å². The molecule has 0 spiro atoms. The summed E-state index contributed by atoms with van der Waals surface area (Å²) < 4.78 is 188. The van der Waals surface area contributed by atoms with Gasteiger partial charge in [-0.3, -0.25) is 0 Å². The Morgan fingerprint density at radius 1 is 0.569 bits per heavy atom. The van der Waals surface area contributed by atoms with E-state index < -0.39 is 59.9 Å². The van der Waals surface area contributed by atoms with Gasteiger partial charge in [0.1, 0.15) is 17.2 Å². The number of halogens is 13. The van der Waals surface area contributed by atoms with Crippen LogP contribution in [-0.4, -0.2) is 60.1 Å². The average molecular weight is 769 g/mol. The Kier molecular flexibility index (Phi) is 12.6. The lowest BCUT2D eigenvalue weighted by molar-refractivity contribution is -0.439. The first kappa shape index (κ1) is 41.3. The van der Waals surface area contributed by atoms with Crippen LogP contribution in [0.3, 0.4) is 0 Å². The molecule has 3 aromatic carbocycles. The molecule has 0 bridgehead atoms. The van der Waals surface area contributed by atoms with Crippen molar-refractivity contribution >= 4 is 23.7 Å². The minimum absolute atomic E-state index is 0.0135. The second-order valence-electron chi connectivity index (χ2n) is 10.6. The number of hydrogen-bond acceptors (Lipinski definition) is 6. The standard InChI is InChI=1S/C32H25F13O5S/c1-2-3-17-48-21-8-4-19(5-9-21)25(46)49-22-10-6-20(7-11-22)26(47)50-23-12-14-24(15-13-23)51-18-16-27(33,34)28(35,36)29(37,38)30(39,40)31(41,42)32(43,44)45/h4-15H,2-3,16-18H2,1H3. The normalized spacial score (nSPS) is 13.1. The first-order chi connectivity index (χ1) is 23.5. The van der Waals surface area contributed by atoms with Crippen LogP contribution in [0.1, 0.15) is 46.9 Å². The molecule has 3 rings (SSSR count). The van der Waals surface area contributed by atoms with Crippen molar-refractivity contribution < 1.29 is 80.9 Å². The first-order valence-corrected chi connectivity index (χ1v) is 15.4. The summed E-state index contributed by atoms with van der Waals surface area (Å²) in [7, 11) is 0. The van der Waals surface area contributed by atoms with Crippen molar-refractivity contribution in [2.45, 2.75) is 66.9 Å². The van der Waals surface area contributed by atoms with Crippen LogP contribution in [0, 0.1) is 0 Å². The minimum atomic E-state index is -7.95. The Bertz CT molecular complexity index is 1630. The number of carbonyl (C=O) groups is 2. The molecule has 0 aliphatic heterocycles. The third-order valence-corrected chi connectivity index (χ3v) is 7.89. The van der Waals surface area contributed by atoms with Gasteiger partial charge >= 0.3 is 47.7 Å². The number of esters is 2. The molecule has 0 heterocycles. The van der Waals surface area contributed by atoms with Crippen LogP contribution in [0.15, 0.2) is 77.7 Å². The summed E-state index contributed by atoms with van der Waals surface area (Å²) in [5.74, 6) is -39.4. The molecule has 51 heavy (non-hydrogen) atoms. The number of unbranched alkanes of at least 4 members (excludes halogenated alkanes) is 1. The number of hydrogen-bond donors (Lipinski definition) is 0. The molecule has 0 aliphatic carbocycles. The van der Waals surface area contributed by atoms with E-state index in [9.17, 15) is 66.7 Å². The zero-order valence-electron chi connectivity index (χ0n) is 25.8. The van der Waals surface area contributed by atoms with Gasteiger partial charge in [0.2, 0.25) is 0 Å². The Morgan fingerprint density at radius 3 is 1.41 bits per heavy atom. The van der Waals surface area contributed by atoms with E-state index >= 15 is 0 Å². The summed E-state index contributed by atoms with van der Waals surface area (Å²) in [4.78, 5) is 24.9. The highest BCUT2D eigenvalue weighted by Crippen LogP contribution is 2.60. The topological polar surface area (TPSA) is 61.8 Å². The average Bonchev–Trinajstić information content (AvgIpc) is 3.05. The molecule has 280 valence electrons. The Balaban J connectivity index is 1.54. The quantitative estimate of drug-likeness (QED) is 0.0476. The smallest absolute Gasteiger partial charge is 0.460 e. The summed E-state index contributed by atoms with van der Waals surface area (Å²) >= 11 is 0.262. The van der Waals surface area contributed by atoms with Crippen LogP contribution in [0.2, 0.25) is 0 Å². The lowest BCUT2D eigenvalue weighted by Crippen LogP contribution is -2.70. The zero-order valence-corrected chi connectivity index (χ0v) is 26.6. The van der Waals surface area contributed by atoms with Gasteiger partial charge in [0.05, 0.1) is 17.7 Å². The molecule has 0 unspecified atom stereocenters. The number of carbonyl (C=O) groups excluding carboxylic acids is 2. The van der Waals surface area contributed by atoms with Crippen molar-refractivity contribution in [2.24, 2.45) is 0 Å². The molecule has 0 atom stereocenters. The molecule has 0 amide bonds. The number of benzene rings is 3. The second kappa shape index (κ2) is 15.6. The lowest BCUT2D eigenvalue weighted by atomic mass is 9.93. The number of thioether (sulfide) groups is 1. The maximum atomic E-state index is 14.0. The molecule has 0 aromatic heterocycles. The molecular weight excluding hydrogens is 743 g/mol. The van der Waals surface area contributed by atoms with Crippen LogP contribution in [0.25, 0.3) is 0 Å². The maximum absolute atomic E-state index is 14.0. The molecule has 0 saturated heterocycles. The third-order valence-electron chi connectivity index (χ3n) is 6.87. The highest BCUT2D eigenvalue weighted by atomic mass is 32.2. The molecule has 0 radical (unpaired) electrons. The van der Waals surface area contributed by atoms with E-state index in [0.29, 0.717) is 12.4 Å². The van der Waals surface area contributed by atoms with Crippen molar-refractivity contribution in [3.8, 4) is 17.2 Å². The zero-order chi connectivity index (χ0) is 38.5. The Hall–Kier alpha value is -4.16. The van der Waals surface area contributed by atoms with Crippen LogP contribution in [0.5, 0.6) is 17.2 Å². The van der Waals surface area contributed by atoms with E-state index in [-0.39, 0.29) is 39.3 Å². The second-order valence-corrected chi connectivity index (χ2v) is 11.8. The molecular formula is C32H25F13O5S. The van der Waals surface area contributed by atoms with E-state index in [1.165, 1.54) is 36.4 Å². The molecule has 0 aliphatic rings. The van der Waals surface area contributed by atoms with E-state index in [0.717, 1.165) is 37.1 Å². The maximum Gasteiger partial charge on any atom is 0.460 e. The highest BCUT2D eigenvalue weighted by molar-refractivity contribution is 7.99. The van der Waals surface area contributed by atoms with Crippen molar-refractivity contribution in [1.29, 1.82) is 0 Å². The van der Waals surface area contributed by atoms with E-state index in [2.05, 4.69) is 0 Å². The summed E-state index contributed by atoms with van der Waals surface area (Å²) in [6, 6.07) is 15.7. The van der Waals surface area contributed by atoms with Crippen molar-refractivity contribution in [2.75, 3.05) is 12.4 Å². The monoisotopic (exact) mass is 768 g/mol. The van der Waals surface area contributed by atoms with Gasteiger partial charge < -0.3 is 14.2 Å². The van der Waals surface area contributed by atoms with E-state index in [1.54, 1.807) is 12.1 Å². The van der Waals surface area contributed by atoms with Gasteiger partial charge in [-0.15, -0.1) is 11.8 Å². The highest BCUT2D eigenvalue weighted by Gasteiger charge is 2.90. The van der Waals surface area contributed by atoms with Crippen LogP contribution in [-0.2, 0) is 0 Å². The molecule has 0 saturated carbocycles. The largest absolute Gasteiger partial charge is 0.494 e. The summed E-state index contributed by atoms with van der Waals surface area (Å²) in [5, 5.41) is 0. The van der Waals surface area contributed by atoms with E-state index in [1.807, 2.05) is 6.92 Å². The number of alkyl halides is 13. The predicted molar refractivity (Wildman–Crippen MR) is 156 cm³/mol. The molecule has 19 heteroatoms. The molecule has 0 fully saturated rings. The van der Waals surface area contributed by atoms with Crippen molar-refractivity contribution in [3.05, 3.63) is 83.9 Å². The fourth-order valence-electron chi connectivity index (χ4n) is 3.87. The van der Waals surface area contributed by atoms with Gasteiger partial charge in [-0.25, -0.2) is 9.59 Å². The Labute approximate surface area is 285 Å². The first-order valence-electron chi connectivity index (χ1n) is 14.4. The molecule has 5 nitrogen and oxygen atoms in total. The predicted octanol–water partition coefficient (Wildman–Crippen LogP) is 10.5. The summed E-state index contributed by atoms with van der Waals surface area (Å²) in [6.45, 7) is 2.54. The summed E-state index contributed by atoms with van der Waals surface area (Å²) in [5.41, 5.74) is 0.216. The van der Waals surface area contributed by atoms with Gasteiger partial charge in [0.25, 0.3) is 0 Å². The van der Waals surface area contributed by atoms with Crippen LogP contribution >= 0.6 is 11.8 Å². The van der Waals surface area contributed by atoms with Gasteiger partial charge in [-0.1, -0.05) is 13.3 Å².